The lowest BCUT2D eigenvalue weighted by atomic mass is 9.61. The Morgan fingerprint density at radius 3 is 1.67 bits per heavy atom. The van der Waals surface area contributed by atoms with Gasteiger partial charge in [0, 0.05) is 18.2 Å². The fraction of sp³-hybridized carbons (Fsp3) is 1.00. The number of hydrogen-bond acceptors (Lipinski definition) is 4. The summed E-state index contributed by atoms with van der Waals surface area (Å²) in [7, 11) is 1.00. The standard InChI is InChI=1S/C8H16N2O.CH4O.2ClH/c9-7-1-3-8(10,4-2-7)6(11)5-7;1-2;;/h6,11H,1-5,9-10H2;2H,1H3;2*1H/t6-,7?,8?;;;/m0.../s1. The zero-order valence-electron chi connectivity index (χ0n) is 8.98. The molecule has 3 aliphatic rings. The first kappa shape index (κ1) is 17.8. The minimum atomic E-state index is -0.366. The van der Waals surface area contributed by atoms with Gasteiger partial charge in [0.25, 0.3) is 0 Å². The van der Waals surface area contributed by atoms with Gasteiger partial charge in [-0.15, -0.1) is 24.8 Å². The Balaban J connectivity index is 0. The monoisotopic (exact) mass is 260 g/mol. The first-order chi connectivity index (χ1) is 6.04. The second kappa shape index (κ2) is 6.23. The van der Waals surface area contributed by atoms with E-state index in [0.29, 0.717) is 6.42 Å². The molecule has 0 aliphatic heterocycles. The van der Waals surface area contributed by atoms with Crippen molar-refractivity contribution in [3.8, 4) is 0 Å². The fourth-order valence-corrected chi connectivity index (χ4v) is 2.34. The predicted molar refractivity (Wildman–Crippen MR) is 65.6 cm³/mol. The van der Waals surface area contributed by atoms with E-state index >= 15 is 0 Å². The van der Waals surface area contributed by atoms with Crippen molar-refractivity contribution >= 4 is 24.8 Å². The predicted octanol–water partition coefficient (Wildman–Crippen LogP) is 0.172. The highest BCUT2D eigenvalue weighted by atomic mass is 35.5. The molecule has 0 unspecified atom stereocenters. The van der Waals surface area contributed by atoms with E-state index in [0.717, 1.165) is 32.8 Å². The summed E-state index contributed by atoms with van der Waals surface area (Å²) < 4.78 is 0. The maximum Gasteiger partial charge on any atom is 0.0737 e. The maximum atomic E-state index is 9.62. The summed E-state index contributed by atoms with van der Waals surface area (Å²) >= 11 is 0. The van der Waals surface area contributed by atoms with Gasteiger partial charge in [-0.25, -0.2) is 0 Å². The third-order valence-electron chi connectivity index (χ3n) is 3.44. The van der Waals surface area contributed by atoms with E-state index in [2.05, 4.69) is 0 Å². The minimum absolute atomic E-state index is 0. The molecule has 0 amide bonds. The highest BCUT2D eigenvalue weighted by Gasteiger charge is 2.50. The van der Waals surface area contributed by atoms with Gasteiger partial charge in [0.1, 0.15) is 0 Å². The molecule has 0 radical (unpaired) electrons. The van der Waals surface area contributed by atoms with Gasteiger partial charge in [-0.2, -0.15) is 0 Å². The average Bonchev–Trinajstić information content (AvgIpc) is 2.12. The molecule has 3 saturated carbocycles. The average molecular weight is 261 g/mol. The molecule has 3 fully saturated rings. The van der Waals surface area contributed by atoms with Gasteiger partial charge in [0.15, 0.2) is 0 Å². The van der Waals surface area contributed by atoms with E-state index in [-0.39, 0.29) is 42.0 Å². The molecule has 1 atom stereocenters. The molecule has 0 spiro atoms. The minimum Gasteiger partial charge on any atom is -0.400 e. The van der Waals surface area contributed by atoms with Crippen molar-refractivity contribution in [3.05, 3.63) is 0 Å². The van der Waals surface area contributed by atoms with E-state index in [4.69, 9.17) is 16.6 Å². The molecule has 4 nitrogen and oxygen atoms in total. The summed E-state index contributed by atoms with van der Waals surface area (Å²) in [4.78, 5) is 0. The van der Waals surface area contributed by atoms with E-state index < -0.39 is 0 Å². The smallest absolute Gasteiger partial charge is 0.0737 e. The van der Waals surface area contributed by atoms with Crippen LogP contribution in [0.25, 0.3) is 0 Å². The van der Waals surface area contributed by atoms with Crippen molar-refractivity contribution in [1.82, 2.24) is 0 Å². The van der Waals surface area contributed by atoms with Crippen LogP contribution in [0.2, 0.25) is 0 Å². The number of aliphatic hydroxyl groups is 2. The van der Waals surface area contributed by atoms with Crippen molar-refractivity contribution in [2.24, 2.45) is 11.5 Å². The Hall–Kier alpha value is 0.420. The summed E-state index contributed by atoms with van der Waals surface area (Å²) in [6, 6.07) is 0. The third kappa shape index (κ3) is 3.44. The quantitative estimate of drug-likeness (QED) is 0.500. The van der Waals surface area contributed by atoms with Crippen LogP contribution in [-0.4, -0.2) is 34.5 Å². The zero-order valence-corrected chi connectivity index (χ0v) is 10.6. The van der Waals surface area contributed by atoms with Crippen LogP contribution in [0.4, 0.5) is 0 Å². The lowest BCUT2D eigenvalue weighted by Gasteiger charge is -2.52. The molecular formula is C9H22Cl2N2O2. The summed E-state index contributed by atoms with van der Waals surface area (Å²) in [5, 5.41) is 16.6. The molecule has 3 aliphatic carbocycles. The van der Waals surface area contributed by atoms with Gasteiger partial charge in [0.2, 0.25) is 0 Å². The Morgan fingerprint density at radius 1 is 1.00 bits per heavy atom. The molecular weight excluding hydrogens is 239 g/mol. The third-order valence-corrected chi connectivity index (χ3v) is 3.44. The molecule has 94 valence electrons. The maximum absolute atomic E-state index is 9.62. The highest BCUT2D eigenvalue weighted by Crippen LogP contribution is 2.43. The number of hydrogen-bond donors (Lipinski definition) is 4. The Morgan fingerprint density at radius 2 is 1.40 bits per heavy atom. The van der Waals surface area contributed by atoms with Crippen LogP contribution >= 0.6 is 24.8 Å². The first-order valence-electron chi connectivity index (χ1n) is 4.75. The van der Waals surface area contributed by atoms with Crippen molar-refractivity contribution < 1.29 is 10.2 Å². The molecule has 6 heteroatoms. The number of halogens is 2. The molecule has 0 saturated heterocycles. The van der Waals surface area contributed by atoms with Gasteiger partial charge < -0.3 is 21.7 Å². The molecule has 15 heavy (non-hydrogen) atoms. The molecule has 0 heterocycles. The van der Waals surface area contributed by atoms with Crippen LogP contribution in [0.3, 0.4) is 0 Å². The van der Waals surface area contributed by atoms with Crippen molar-refractivity contribution in [1.29, 1.82) is 0 Å². The van der Waals surface area contributed by atoms with E-state index in [9.17, 15) is 5.11 Å². The van der Waals surface area contributed by atoms with Crippen LogP contribution in [0.5, 0.6) is 0 Å². The van der Waals surface area contributed by atoms with Crippen molar-refractivity contribution in [2.75, 3.05) is 7.11 Å². The topological polar surface area (TPSA) is 92.5 Å². The molecule has 0 aromatic heterocycles. The van der Waals surface area contributed by atoms with E-state index in [1.165, 1.54) is 0 Å². The van der Waals surface area contributed by atoms with Gasteiger partial charge in [0.05, 0.1) is 6.10 Å². The van der Waals surface area contributed by atoms with Gasteiger partial charge in [-0.05, 0) is 32.1 Å². The van der Waals surface area contributed by atoms with Crippen LogP contribution in [0.15, 0.2) is 0 Å². The molecule has 3 rings (SSSR count). The van der Waals surface area contributed by atoms with E-state index in [1.54, 1.807) is 0 Å². The van der Waals surface area contributed by atoms with Crippen LogP contribution in [0, 0.1) is 0 Å². The Bertz CT molecular complexity index is 185. The SMILES string of the molecule is CO.Cl.Cl.NC12CCC(N)(CC1)[C@@H](O)C2. The summed E-state index contributed by atoms with van der Waals surface area (Å²) in [5.41, 5.74) is 11.6. The lowest BCUT2D eigenvalue weighted by molar-refractivity contribution is -0.0307. The van der Waals surface area contributed by atoms with E-state index in [1.807, 2.05) is 0 Å². The molecule has 2 bridgehead atoms. The normalized spacial score (nSPS) is 41.8. The number of fused-ring (bicyclic) bond motifs is 3. The summed E-state index contributed by atoms with van der Waals surface area (Å²) in [6.45, 7) is 0. The second-order valence-corrected chi connectivity index (χ2v) is 4.32. The molecule has 0 aromatic carbocycles. The largest absolute Gasteiger partial charge is 0.400 e. The van der Waals surface area contributed by atoms with Gasteiger partial charge in [-0.1, -0.05) is 0 Å². The second-order valence-electron chi connectivity index (χ2n) is 4.32. The lowest BCUT2D eigenvalue weighted by Crippen LogP contribution is -2.66. The number of nitrogens with two attached hydrogens (primary N) is 2. The fourth-order valence-electron chi connectivity index (χ4n) is 2.34. The summed E-state index contributed by atoms with van der Waals surface area (Å²) in [5.74, 6) is 0. The number of rotatable bonds is 0. The Kier molecular flexibility index (Phi) is 7.39. The zero-order chi connectivity index (χ0) is 10.1. The van der Waals surface area contributed by atoms with Crippen molar-refractivity contribution in [3.63, 3.8) is 0 Å². The highest BCUT2D eigenvalue weighted by molar-refractivity contribution is 5.85. The van der Waals surface area contributed by atoms with Crippen molar-refractivity contribution in [2.45, 2.75) is 49.3 Å². The van der Waals surface area contributed by atoms with Crippen LogP contribution in [-0.2, 0) is 0 Å². The summed E-state index contributed by atoms with van der Waals surface area (Å²) in [6.07, 6.45) is 4.09. The van der Waals surface area contributed by atoms with Gasteiger partial charge in [-0.3, -0.25) is 0 Å². The van der Waals surface area contributed by atoms with Crippen LogP contribution < -0.4 is 11.5 Å². The number of aliphatic hydroxyl groups excluding tert-OH is 2. The molecule has 0 aromatic rings. The van der Waals surface area contributed by atoms with Crippen LogP contribution in [0.1, 0.15) is 32.1 Å². The Labute approximate surface area is 103 Å². The van der Waals surface area contributed by atoms with Gasteiger partial charge >= 0.3 is 0 Å². The molecule has 6 N–H and O–H groups in total. The first-order valence-corrected chi connectivity index (χ1v) is 4.75.